The molecule has 0 spiro atoms. The van der Waals surface area contributed by atoms with Crippen LogP contribution < -0.4 is 10.6 Å². The highest BCUT2D eigenvalue weighted by Gasteiger charge is 2.47. The number of aromatic nitrogens is 3. The summed E-state index contributed by atoms with van der Waals surface area (Å²) in [5, 5.41) is 11.6. The Bertz CT molecular complexity index is 1010. The fourth-order valence-corrected chi connectivity index (χ4v) is 4.53. The van der Waals surface area contributed by atoms with Gasteiger partial charge in [-0.1, -0.05) is 12.1 Å². The molecule has 0 radical (unpaired) electrons. The van der Waals surface area contributed by atoms with E-state index in [1.165, 1.54) is 11.3 Å². The van der Waals surface area contributed by atoms with Crippen molar-refractivity contribution in [3.8, 4) is 0 Å². The first-order valence-electron chi connectivity index (χ1n) is 8.66. The van der Waals surface area contributed by atoms with Gasteiger partial charge in [0.2, 0.25) is 0 Å². The van der Waals surface area contributed by atoms with Crippen LogP contribution in [0.3, 0.4) is 0 Å². The lowest BCUT2D eigenvalue weighted by Gasteiger charge is -2.33. The number of anilines is 1. The zero-order valence-corrected chi connectivity index (χ0v) is 17.2. The van der Waals surface area contributed by atoms with Gasteiger partial charge >= 0.3 is 6.18 Å². The van der Waals surface area contributed by atoms with Crippen molar-refractivity contribution >= 4 is 39.0 Å². The van der Waals surface area contributed by atoms with Crippen molar-refractivity contribution < 1.29 is 18.0 Å². The molecule has 1 amide bonds. The van der Waals surface area contributed by atoms with E-state index in [2.05, 4.69) is 36.6 Å². The average molecular weight is 486 g/mol. The molecule has 0 bridgehead atoms. The van der Waals surface area contributed by atoms with Crippen LogP contribution in [0.25, 0.3) is 0 Å². The van der Waals surface area contributed by atoms with Crippen molar-refractivity contribution in [2.45, 2.75) is 31.2 Å². The van der Waals surface area contributed by atoms with Crippen LogP contribution in [0, 0.1) is 0 Å². The standard InChI is InChI=1S/C18H15BrF3N5OS/c19-14-15(17(28)24-9-10-3-1-5-23-8-10)26-27-13(18(20,21)22)7-11(25-16(14)27)12-4-2-6-29-12/h1-6,8,11,13,25H,7,9H2,(H,24,28)/t11-,13+/m1/s1. The van der Waals surface area contributed by atoms with Gasteiger partial charge in [0.1, 0.15) is 5.82 Å². The molecule has 0 aromatic carbocycles. The number of hydrogen-bond acceptors (Lipinski definition) is 5. The smallest absolute Gasteiger partial charge is 0.362 e. The molecule has 29 heavy (non-hydrogen) atoms. The van der Waals surface area contributed by atoms with Crippen molar-refractivity contribution in [3.05, 3.63) is 62.6 Å². The molecule has 6 nitrogen and oxygen atoms in total. The van der Waals surface area contributed by atoms with Gasteiger partial charge in [0, 0.05) is 30.2 Å². The van der Waals surface area contributed by atoms with Gasteiger partial charge in [0.15, 0.2) is 11.7 Å². The molecule has 3 aromatic rings. The second kappa shape index (κ2) is 7.79. The van der Waals surface area contributed by atoms with Gasteiger partial charge in [-0.3, -0.25) is 9.78 Å². The monoisotopic (exact) mass is 485 g/mol. The van der Waals surface area contributed by atoms with Gasteiger partial charge in [0.25, 0.3) is 5.91 Å². The molecule has 2 atom stereocenters. The number of amides is 1. The maximum absolute atomic E-state index is 13.7. The Morgan fingerprint density at radius 3 is 2.86 bits per heavy atom. The second-order valence-corrected chi connectivity index (χ2v) is 8.28. The van der Waals surface area contributed by atoms with E-state index in [1.54, 1.807) is 36.7 Å². The van der Waals surface area contributed by atoms with E-state index in [0.717, 1.165) is 15.1 Å². The Morgan fingerprint density at radius 1 is 1.38 bits per heavy atom. The van der Waals surface area contributed by atoms with Crippen LogP contribution in [-0.4, -0.2) is 26.8 Å². The molecule has 0 fully saturated rings. The van der Waals surface area contributed by atoms with E-state index in [4.69, 9.17) is 0 Å². The van der Waals surface area contributed by atoms with E-state index in [9.17, 15) is 18.0 Å². The first kappa shape index (κ1) is 19.9. The Labute approximate surface area is 176 Å². The summed E-state index contributed by atoms with van der Waals surface area (Å²) in [6.45, 7) is 0.190. The molecule has 0 saturated heterocycles. The van der Waals surface area contributed by atoms with Crippen molar-refractivity contribution in [2.75, 3.05) is 5.32 Å². The highest BCUT2D eigenvalue weighted by atomic mass is 79.9. The predicted octanol–water partition coefficient (Wildman–Crippen LogP) is 4.69. The zero-order chi connectivity index (χ0) is 20.6. The van der Waals surface area contributed by atoms with Crippen LogP contribution >= 0.6 is 27.3 Å². The molecule has 0 unspecified atom stereocenters. The van der Waals surface area contributed by atoms with Gasteiger partial charge in [-0.05, 0) is 39.0 Å². The number of halogens is 4. The van der Waals surface area contributed by atoms with Crippen molar-refractivity contribution in [1.29, 1.82) is 0 Å². The topological polar surface area (TPSA) is 71.8 Å². The fourth-order valence-electron chi connectivity index (χ4n) is 3.18. The van der Waals surface area contributed by atoms with Gasteiger partial charge in [-0.2, -0.15) is 18.3 Å². The van der Waals surface area contributed by atoms with E-state index in [0.29, 0.717) is 0 Å². The number of hydrogen-bond donors (Lipinski definition) is 2. The Balaban J connectivity index is 1.63. The number of rotatable bonds is 4. The average Bonchev–Trinajstić information content (AvgIpc) is 3.34. The quantitative estimate of drug-likeness (QED) is 0.562. The number of thiophene rings is 1. The molecule has 4 heterocycles. The van der Waals surface area contributed by atoms with E-state index < -0.39 is 24.2 Å². The molecule has 4 rings (SSSR count). The number of fused-ring (bicyclic) bond motifs is 1. The summed E-state index contributed by atoms with van der Waals surface area (Å²) in [6.07, 6.45) is -1.50. The third-order valence-corrected chi connectivity index (χ3v) is 6.31. The van der Waals surface area contributed by atoms with Crippen molar-refractivity contribution in [3.63, 3.8) is 0 Å². The third kappa shape index (κ3) is 4.01. The lowest BCUT2D eigenvalue weighted by Crippen LogP contribution is -2.35. The van der Waals surface area contributed by atoms with Gasteiger partial charge in [-0.25, -0.2) is 4.68 Å². The lowest BCUT2D eigenvalue weighted by atomic mass is 10.0. The Hall–Kier alpha value is -2.40. The van der Waals surface area contributed by atoms with Crippen LogP contribution in [0.5, 0.6) is 0 Å². The van der Waals surface area contributed by atoms with Crippen molar-refractivity contribution in [2.24, 2.45) is 0 Å². The maximum Gasteiger partial charge on any atom is 0.410 e. The number of carbonyl (C=O) groups excluding carboxylic acids is 1. The summed E-state index contributed by atoms with van der Waals surface area (Å²) >= 11 is 4.65. The number of alkyl halides is 3. The fraction of sp³-hybridized carbons (Fsp3) is 0.278. The first-order chi connectivity index (χ1) is 13.8. The molecular weight excluding hydrogens is 471 g/mol. The number of nitrogens with one attached hydrogen (secondary N) is 2. The van der Waals surface area contributed by atoms with Gasteiger partial charge < -0.3 is 10.6 Å². The Kier molecular flexibility index (Phi) is 5.34. The molecule has 0 aliphatic carbocycles. The summed E-state index contributed by atoms with van der Waals surface area (Å²) in [4.78, 5) is 17.3. The second-order valence-electron chi connectivity index (χ2n) is 6.51. The van der Waals surface area contributed by atoms with Crippen LogP contribution in [0.1, 0.15) is 39.4 Å². The van der Waals surface area contributed by atoms with Gasteiger partial charge in [-0.15, -0.1) is 11.3 Å². The SMILES string of the molecule is O=C(NCc1cccnc1)c1nn2c(c1Br)N[C@@H](c1cccs1)C[C@H]2C(F)(F)F. The predicted molar refractivity (Wildman–Crippen MR) is 106 cm³/mol. The summed E-state index contributed by atoms with van der Waals surface area (Å²) in [5.74, 6) is -0.429. The minimum Gasteiger partial charge on any atom is -0.362 e. The van der Waals surface area contributed by atoms with E-state index >= 15 is 0 Å². The minimum absolute atomic E-state index is 0.0996. The Morgan fingerprint density at radius 2 is 2.21 bits per heavy atom. The first-order valence-corrected chi connectivity index (χ1v) is 10.3. The number of carbonyl (C=O) groups is 1. The molecule has 152 valence electrons. The highest BCUT2D eigenvalue weighted by molar-refractivity contribution is 9.10. The third-order valence-electron chi connectivity index (χ3n) is 4.57. The summed E-state index contributed by atoms with van der Waals surface area (Å²) in [6, 6.07) is 4.75. The van der Waals surface area contributed by atoms with Crippen LogP contribution in [0.15, 0.2) is 46.5 Å². The van der Waals surface area contributed by atoms with Gasteiger partial charge in [0.05, 0.1) is 10.5 Å². The maximum atomic E-state index is 13.7. The minimum atomic E-state index is -4.50. The summed E-state index contributed by atoms with van der Waals surface area (Å²) in [5.41, 5.74) is 0.669. The zero-order valence-electron chi connectivity index (χ0n) is 14.8. The number of pyridine rings is 1. The molecular formula is C18H15BrF3N5OS. The lowest BCUT2D eigenvalue weighted by molar-refractivity contribution is -0.173. The van der Waals surface area contributed by atoms with Crippen LogP contribution in [-0.2, 0) is 6.54 Å². The van der Waals surface area contributed by atoms with E-state index in [-0.39, 0.29) is 29.0 Å². The van der Waals surface area contributed by atoms with Crippen LogP contribution in [0.4, 0.5) is 19.0 Å². The normalized spacial score (nSPS) is 18.8. The largest absolute Gasteiger partial charge is 0.410 e. The molecule has 0 saturated carbocycles. The highest BCUT2D eigenvalue weighted by Crippen LogP contribution is 2.46. The molecule has 1 aliphatic heterocycles. The number of nitrogens with zero attached hydrogens (tertiary/aromatic N) is 3. The molecule has 2 N–H and O–H groups in total. The van der Waals surface area contributed by atoms with E-state index in [1.807, 2.05) is 5.38 Å². The summed E-state index contributed by atoms with van der Waals surface area (Å²) in [7, 11) is 0. The molecule has 11 heteroatoms. The molecule has 3 aromatic heterocycles. The molecule has 1 aliphatic rings. The van der Waals surface area contributed by atoms with Crippen LogP contribution in [0.2, 0.25) is 0 Å². The summed E-state index contributed by atoms with van der Waals surface area (Å²) < 4.78 is 42.3. The van der Waals surface area contributed by atoms with Crippen molar-refractivity contribution in [1.82, 2.24) is 20.1 Å².